The van der Waals surface area contributed by atoms with Gasteiger partial charge in [-0.25, -0.2) is 33.3 Å². The monoisotopic (exact) mass is 1120 g/mol. The molecule has 408 valence electrons. The van der Waals surface area contributed by atoms with Gasteiger partial charge < -0.3 is 15.1 Å². The van der Waals surface area contributed by atoms with Crippen molar-refractivity contribution < 1.29 is 50.5 Å². The van der Waals surface area contributed by atoms with Gasteiger partial charge in [0.15, 0.2) is 23.0 Å². The van der Waals surface area contributed by atoms with E-state index in [1.807, 2.05) is 30.3 Å². The van der Waals surface area contributed by atoms with Crippen LogP contribution in [0, 0.1) is 0 Å². The number of hydrogen-bond donors (Lipinski definition) is 2. The highest BCUT2D eigenvalue weighted by Gasteiger charge is 2.42. The van der Waals surface area contributed by atoms with Gasteiger partial charge in [-0.1, -0.05) is 116 Å². The van der Waals surface area contributed by atoms with Crippen LogP contribution in [0.5, 0.6) is 0 Å². The number of carboxylic acids is 2. The summed E-state index contributed by atoms with van der Waals surface area (Å²) < 4.78 is 99.4. The molecule has 0 unspecified atom stereocenters. The van der Waals surface area contributed by atoms with Gasteiger partial charge in [0, 0.05) is 47.4 Å². The molecular weight excluding hydrogens is 1080 g/mol. The third-order valence-electron chi connectivity index (χ3n) is 14.1. The summed E-state index contributed by atoms with van der Waals surface area (Å²) in [5, 5.41) is 26.7. The van der Waals surface area contributed by atoms with E-state index in [0.29, 0.717) is 91.4 Å². The first-order valence-electron chi connectivity index (χ1n) is 25.0. The van der Waals surface area contributed by atoms with E-state index in [0.717, 1.165) is 54.9 Å². The van der Waals surface area contributed by atoms with Crippen molar-refractivity contribution in [2.24, 2.45) is 0 Å². The highest BCUT2D eigenvalue weighted by molar-refractivity contribution is 6.31. The molecule has 0 atom stereocenters. The zero-order valence-corrected chi connectivity index (χ0v) is 43.8. The van der Waals surface area contributed by atoms with Crippen molar-refractivity contribution in [3.8, 4) is 56.4 Å². The largest absolute Gasteiger partial charge is 0.478 e. The molecule has 12 nitrogen and oxygen atoms in total. The predicted octanol–water partition coefficient (Wildman–Crippen LogP) is 14.3. The lowest BCUT2D eigenvalue weighted by molar-refractivity contribution is -0.144. The van der Waals surface area contributed by atoms with Crippen molar-refractivity contribution >= 4 is 40.7 Å². The second kappa shape index (κ2) is 22.9. The average molecular weight is 1130 g/mol. The van der Waals surface area contributed by atoms with Crippen LogP contribution in [0.25, 0.3) is 62.0 Å². The molecule has 0 saturated carbocycles. The Balaban J connectivity index is 0.000000192. The van der Waals surface area contributed by atoms with Crippen LogP contribution in [0.3, 0.4) is 0 Å². The fraction of sp³-hybridized carbons (Fsp3) is 0.241. The summed E-state index contributed by atoms with van der Waals surface area (Å²) in [5.74, 6) is -3.85. The number of nitrogens with zero attached hydrogens (tertiary/aromatic N) is 8. The zero-order chi connectivity index (χ0) is 56.4. The Hall–Kier alpha value is -7.71. The minimum atomic E-state index is -4.98. The number of alkyl halides is 7. The maximum absolute atomic E-state index is 15.7. The van der Waals surface area contributed by atoms with Gasteiger partial charge >= 0.3 is 24.3 Å². The van der Waals surface area contributed by atoms with Gasteiger partial charge in [0.05, 0.1) is 23.8 Å². The van der Waals surface area contributed by atoms with Crippen LogP contribution in [0.15, 0.2) is 140 Å². The molecule has 21 heteroatoms. The summed E-state index contributed by atoms with van der Waals surface area (Å²) in [7, 11) is 0. The lowest BCUT2D eigenvalue weighted by atomic mass is 9.85. The van der Waals surface area contributed by atoms with Gasteiger partial charge in [0.2, 0.25) is 0 Å². The van der Waals surface area contributed by atoms with E-state index >= 15 is 4.39 Å². The summed E-state index contributed by atoms with van der Waals surface area (Å²) in [5.41, 5.74) is 1.85. The molecule has 0 amide bonds. The fourth-order valence-electron chi connectivity index (χ4n) is 9.83. The van der Waals surface area contributed by atoms with Crippen molar-refractivity contribution in [3.63, 3.8) is 0 Å². The van der Waals surface area contributed by atoms with Crippen molar-refractivity contribution in [1.82, 2.24) is 39.3 Å². The number of piperidine rings is 1. The van der Waals surface area contributed by atoms with E-state index in [1.54, 1.807) is 60.7 Å². The maximum Gasteiger partial charge on any atom is 0.434 e. The molecule has 8 aromatic rings. The molecule has 6 heterocycles. The van der Waals surface area contributed by atoms with Crippen molar-refractivity contribution in [3.05, 3.63) is 183 Å². The highest BCUT2D eigenvalue weighted by atomic mass is 35.5. The van der Waals surface area contributed by atoms with Crippen LogP contribution >= 0.6 is 23.2 Å². The van der Waals surface area contributed by atoms with Gasteiger partial charge in [-0.05, 0) is 120 Å². The molecule has 1 fully saturated rings. The predicted molar refractivity (Wildman–Crippen MR) is 287 cm³/mol. The summed E-state index contributed by atoms with van der Waals surface area (Å²) in [4.78, 5) is 36.2. The SMILES string of the molecule is CCN1CC=C(c2ccc(-c3ccc(Cl)cc3-c3cccc(-n4ncc(C(=O)O)c4C(F)(F)F)n3)cc2)CC1.CCN1CCC(F)(c2ccc(-c3ccc(Cl)cc3-c3cccc(-n4ncc(C(=O)O)c4C(F)(F)F)n3)cc2)CC1. The second-order valence-electron chi connectivity index (χ2n) is 18.8. The fourth-order valence-corrected chi connectivity index (χ4v) is 10.2. The quantitative estimate of drug-likeness (QED) is 0.114. The van der Waals surface area contributed by atoms with E-state index < -0.39 is 52.5 Å². The number of aromatic carboxylic acids is 2. The van der Waals surface area contributed by atoms with Crippen molar-refractivity contribution in [2.45, 2.75) is 51.1 Å². The minimum Gasteiger partial charge on any atom is -0.478 e. The number of benzene rings is 4. The van der Waals surface area contributed by atoms with Crippen LogP contribution in [0.1, 0.15) is 76.3 Å². The van der Waals surface area contributed by atoms with Crippen LogP contribution in [-0.2, 0) is 18.0 Å². The number of carbonyl (C=O) groups is 2. The van der Waals surface area contributed by atoms with Crippen molar-refractivity contribution in [1.29, 1.82) is 0 Å². The number of pyridine rings is 2. The van der Waals surface area contributed by atoms with Gasteiger partial charge in [0.1, 0.15) is 16.8 Å². The van der Waals surface area contributed by atoms with E-state index in [-0.39, 0.29) is 11.6 Å². The van der Waals surface area contributed by atoms with E-state index in [9.17, 15) is 46.1 Å². The molecule has 0 spiro atoms. The number of hydrogen-bond acceptors (Lipinski definition) is 8. The number of aromatic nitrogens is 6. The average Bonchev–Trinajstić information content (AvgIpc) is 4.14. The first kappa shape index (κ1) is 56.0. The Bertz CT molecular complexity index is 3570. The molecular formula is C58H49Cl2F7N8O4. The smallest absolute Gasteiger partial charge is 0.434 e. The number of rotatable bonds is 12. The molecule has 10 rings (SSSR count). The first-order valence-corrected chi connectivity index (χ1v) is 25.8. The lowest BCUT2D eigenvalue weighted by Gasteiger charge is -2.36. The molecule has 2 aliphatic rings. The lowest BCUT2D eigenvalue weighted by Crippen LogP contribution is -2.40. The van der Waals surface area contributed by atoms with Crippen LogP contribution < -0.4 is 0 Å². The number of likely N-dealkylation sites (tertiary alicyclic amines) is 1. The summed E-state index contributed by atoms with van der Waals surface area (Å²) in [6, 6.07) is 34.7. The summed E-state index contributed by atoms with van der Waals surface area (Å²) in [6.45, 7) is 9.46. The third-order valence-corrected chi connectivity index (χ3v) is 14.5. The van der Waals surface area contributed by atoms with Gasteiger partial charge in [-0.3, -0.25) is 4.90 Å². The topological polar surface area (TPSA) is 142 Å². The van der Waals surface area contributed by atoms with Crippen molar-refractivity contribution in [2.75, 3.05) is 39.3 Å². The maximum atomic E-state index is 15.7. The molecule has 1 saturated heterocycles. The van der Waals surface area contributed by atoms with E-state index in [1.165, 1.54) is 23.8 Å². The molecule has 4 aromatic heterocycles. The van der Waals surface area contributed by atoms with Crippen LogP contribution in [-0.4, -0.2) is 101 Å². The molecule has 4 aromatic carbocycles. The Morgan fingerprint density at radius 2 is 1.03 bits per heavy atom. The molecule has 2 N–H and O–H groups in total. The minimum absolute atomic E-state index is 0.168. The van der Waals surface area contributed by atoms with Gasteiger partial charge in [-0.2, -0.15) is 36.5 Å². The Morgan fingerprint density at radius 3 is 1.43 bits per heavy atom. The Kier molecular flexibility index (Phi) is 16.3. The van der Waals surface area contributed by atoms with Crippen LogP contribution in [0.2, 0.25) is 10.0 Å². The molecule has 79 heavy (non-hydrogen) atoms. The van der Waals surface area contributed by atoms with Gasteiger partial charge in [0.25, 0.3) is 0 Å². The number of carboxylic acid groups (broad SMARTS) is 2. The van der Waals surface area contributed by atoms with Gasteiger partial charge in [-0.15, -0.1) is 0 Å². The van der Waals surface area contributed by atoms with E-state index in [4.69, 9.17) is 23.2 Å². The molecule has 0 aliphatic carbocycles. The molecule has 0 radical (unpaired) electrons. The Morgan fingerprint density at radius 1 is 0.582 bits per heavy atom. The molecule has 2 aliphatic heterocycles. The summed E-state index contributed by atoms with van der Waals surface area (Å²) in [6.07, 6.45) is -4.54. The Labute approximate surface area is 459 Å². The second-order valence-corrected chi connectivity index (χ2v) is 19.7. The normalized spacial score (nSPS) is 15.1. The number of halogens is 9. The zero-order valence-electron chi connectivity index (χ0n) is 42.3. The van der Waals surface area contributed by atoms with E-state index in [2.05, 4.69) is 62.0 Å². The standard InChI is InChI=1S/C29H25ClF4N4O2.C29H24ClF3N4O2/c1-2-37-14-12-28(31,13-15-37)19-8-6-18(7-9-19)21-11-10-20(30)16-22(21)24-4-3-5-25(36-24)38-26(29(32,33)34)23(17-35-38)27(39)40;1-2-36-14-12-19(13-15-36)18-6-8-20(9-7-18)22-11-10-21(30)16-23(22)25-4-3-5-26(35-25)37-27(29(31,32)33)24(17-34-37)28(38)39/h3-11,16-17H,2,12-15H2,1H3,(H,39,40);3-12,16-17H,2,13-15H2,1H3,(H,38,39). The highest BCUT2D eigenvalue weighted by Crippen LogP contribution is 2.41. The number of likely N-dealkylation sites (N-methyl/N-ethyl adjacent to an activating group) is 1. The van der Waals surface area contributed by atoms with Crippen LogP contribution in [0.4, 0.5) is 30.7 Å². The first-order chi connectivity index (χ1) is 37.6. The third kappa shape index (κ3) is 12.1. The molecule has 0 bridgehead atoms. The summed E-state index contributed by atoms with van der Waals surface area (Å²) >= 11 is 12.6.